The molecule has 1 fully saturated rings. The molecule has 0 spiro atoms. The summed E-state index contributed by atoms with van der Waals surface area (Å²) in [6.45, 7) is 2.82. The van der Waals surface area contributed by atoms with E-state index in [1.807, 2.05) is 60.8 Å². The molecule has 6 nitrogen and oxygen atoms in total. The second-order valence-electron chi connectivity index (χ2n) is 8.92. The van der Waals surface area contributed by atoms with Gasteiger partial charge in [0.1, 0.15) is 17.4 Å². The van der Waals surface area contributed by atoms with Gasteiger partial charge in [0, 0.05) is 23.4 Å². The zero-order valence-corrected chi connectivity index (χ0v) is 20.2. The number of aromatic nitrogens is 2. The highest BCUT2D eigenvalue weighted by Crippen LogP contribution is 2.28. The number of nitrogens with zero attached hydrogens (tertiary/aromatic N) is 3. The van der Waals surface area contributed by atoms with Crippen LogP contribution in [0, 0.1) is 11.3 Å². The van der Waals surface area contributed by atoms with Gasteiger partial charge in [-0.3, -0.25) is 4.79 Å². The van der Waals surface area contributed by atoms with Gasteiger partial charge in [-0.15, -0.1) is 0 Å². The van der Waals surface area contributed by atoms with Gasteiger partial charge < -0.3 is 10.1 Å². The molecule has 1 N–H and O–H groups in total. The summed E-state index contributed by atoms with van der Waals surface area (Å²) in [7, 11) is 0. The first-order chi connectivity index (χ1) is 17.2. The minimum atomic E-state index is -0.322. The Bertz CT molecular complexity index is 1180. The number of rotatable bonds is 9. The van der Waals surface area contributed by atoms with Gasteiger partial charge in [-0.2, -0.15) is 10.4 Å². The van der Waals surface area contributed by atoms with E-state index in [0.29, 0.717) is 17.9 Å². The number of nitrogens with one attached hydrogen (secondary N) is 1. The zero-order chi connectivity index (χ0) is 24.5. The Balaban J connectivity index is 1.65. The van der Waals surface area contributed by atoms with E-state index in [2.05, 4.69) is 18.3 Å². The molecule has 35 heavy (non-hydrogen) atoms. The molecular weight excluding hydrogens is 436 g/mol. The molecule has 4 rings (SSSR count). The van der Waals surface area contributed by atoms with Crippen LogP contribution in [0.2, 0.25) is 0 Å². The number of nitriles is 1. The van der Waals surface area contributed by atoms with Crippen LogP contribution in [0.5, 0.6) is 5.75 Å². The smallest absolute Gasteiger partial charge is 0.262 e. The number of hydrogen-bond donors (Lipinski definition) is 1. The fourth-order valence-corrected chi connectivity index (χ4v) is 4.29. The first-order valence-corrected chi connectivity index (χ1v) is 12.5. The Kier molecular flexibility index (Phi) is 8.34. The topological polar surface area (TPSA) is 79.9 Å². The van der Waals surface area contributed by atoms with Gasteiger partial charge >= 0.3 is 0 Å². The van der Waals surface area contributed by atoms with Crippen molar-refractivity contribution >= 4 is 12.0 Å². The third kappa shape index (κ3) is 6.39. The fraction of sp³-hybridized carbons (Fsp3) is 0.345. The molecule has 2 aromatic carbocycles. The quantitative estimate of drug-likeness (QED) is 0.235. The Hall–Kier alpha value is -3.85. The average molecular weight is 469 g/mol. The summed E-state index contributed by atoms with van der Waals surface area (Å²) in [5.41, 5.74) is 3.29. The predicted molar refractivity (Wildman–Crippen MR) is 138 cm³/mol. The van der Waals surface area contributed by atoms with Crippen LogP contribution in [0.25, 0.3) is 23.0 Å². The van der Waals surface area contributed by atoms with Crippen LogP contribution in [0.15, 0.2) is 66.4 Å². The molecule has 180 valence electrons. The number of para-hydroxylation sites is 1. The van der Waals surface area contributed by atoms with Crippen molar-refractivity contribution in [3.63, 3.8) is 0 Å². The molecule has 6 heteroatoms. The molecule has 0 bridgehead atoms. The van der Waals surface area contributed by atoms with E-state index in [-0.39, 0.29) is 17.5 Å². The van der Waals surface area contributed by atoms with Crippen LogP contribution >= 0.6 is 0 Å². The summed E-state index contributed by atoms with van der Waals surface area (Å²) < 4.78 is 7.57. The highest BCUT2D eigenvalue weighted by atomic mass is 16.5. The highest BCUT2D eigenvalue weighted by molar-refractivity contribution is 6.02. The van der Waals surface area contributed by atoms with Crippen molar-refractivity contribution in [1.82, 2.24) is 15.1 Å². The number of carbonyl (C=O) groups is 1. The predicted octanol–water partition coefficient (Wildman–Crippen LogP) is 6.07. The van der Waals surface area contributed by atoms with Crippen LogP contribution in [0.1, 0.15) is 57.4 Å². The first kappa shape index (κ1) is 24.3. The SMILES string of the molecule is CCCCOc1ccc(-c2nn(-c3ccccc3)cc2/C=C(/C#N)C(=O)NC2CCCCC2)cc1. The molecule has 0 saturated heterocycles. The molecular formula is C29H32N4O2. The zero-order valence-electron chi connectivity index (χ0n) is 20.2. The normalized spacial score (nSPS) is 14.3. The van der Waals surface area contributed by atoms with Gasteiger partial charge in [0.2, 0.25) is 0 Å². The number of amides is 1. The first-order valence-electron chi connectivity index (χ1n) is 12.5. The third-order valence-electron chi connectivity index (χ3n) is 6.26. The fourth-order valence-electron chi connectivity index (χ4n) is 4.29. The van der Waals surface area contributed by atoms with Gasteiger partial charge in [0.25, 0.3) is 5.91 Å². The van der Waals surface area contributed by atoms with E-state index in [9.17, 15) is 10.1 Å². The largest absolute Gasteiger partial charge is 0.494 e. The van der Waals surface area contributed by atoms with E-state index in [1.165, 1.54) is 6.42 Å². The van der Waals surface area contributed by atoms with Crippen LogP contribution in [0.4, 0.5) is 0 Å². The lowest BCUT2D eigenvalue weighted by molar-refractivity contribution is -0.117. The number of unbranched alkanes of at least 4 members (excludes halogenated alkanes) is 1. The average Bonchev–Trinajstić information content (AvgIpc) is 3.33. The van der Waals surface area contributed by atoms with Crippen LogP contribution in [0.3, 0.4) is 0 Å². The second kappa shape index (κ2) is 12.0. The molecule has 0 radical (unpaired) electrons. The van der Waals surface area contributed by atoms with Gasteiger partial charge in [0.05, 0.1) is 18.0 Å². The third-order valence-corrected chi connectivity index (χ3v) is 6.26. The Labute approximate surface area is 207 Å². The maximum atomic E-state index is 12.9. The molecule has 1 aromatic heterocycles. The second-order valence-corrected chi connectivity index (χ2v) is 8.92. The summed E-state index contributed by atoms with van der Waals surface area (Å²) in [6, 6.07) is 19.8. The Morgan fingerprint density at radius 2 is 1.89 bits per heavy atom. The lowest BCUT2D eigenvalue weighted by Gasteiger charge is -2.22. The van der Waals surface area contributed by atoms with Crippen LogP contribution < -0.4 is 10.1 Å². The number of hydrogen-bond acceptors (Lipinski definition) is 4. The monoisotopic (exact) mass is 468 g/mol. The van der Waals surface area contributed by atoms with Crippen molar-refractivity contribution in [2.45, 2.75) is 57.9 Å². The Morgan fingerprint density at radius 3 is 2.57 bits per heavy atom. The molecule has 1 aliphatic carbocycles. The molecule has 1 heterocycles. The van der Waals surface area contributed by atoms with Crippen molar-refractivity contribution in [2.75, 3.05) is 6.61 Å². The maximum Gasteiger partial charge on any atom is 0.262 e. The summed E-state index contributed by atoms with van der Waals surface area (Å²) in [6.07, 6.45) is 11.0. The summed E-state index contributed by atoms with van der Waals surface area (Å²) in [5, 5.41) is 17.6. The molecule has 0 unspecified atom stereocenters. The highest BCUT2D eigenvalue weighted by Gasteiger charge is 2.19. The van der Waals surface area contributed by atoms with Crippen molar-refractivity contribution < 1.29 is 9.53 Å². The minimum Gasteiger partial charge on any atom is -0.494 e. The van der Waals surface area contributed by atoms with Crippen LogP contribution in [-0.2, 0) is 4.79 Å². The van der Waals surface area contributed by atoms with E-state index in [0.717, 1.165) is 55.5 Å². The van der Waals surface area contributed by atoms with Gasteiger partial charge in [-0.1, -0.05) is 50.8 Å². The molecule has 0 atom stereocenters. The van der Waals surface area contributed by atoms with Gasteiger partial charge in [0.15, 0.2) is 0 Å². The van der Waals surface area contributed by atoms with Gasteiger partial charge in [-0.25, -0.2) is 4.68 Å². The van der Waals surface area contributed by atoms with E-state index >= 15 is 0 Å². The van der Waals surface area contributed by atoms with E-state index in [4.69, 9.17) is 9.84 Å². The van der Waals surface area contributed by atoms with Crippen molar-refractivity contribution in [1.29, 1.82) is 5.26 Å². The van der Waals surface area contributed by atoms with Crippen molar-refractivity contribution in [3.8, 4) is 28.8 Å². The summed E-state index contributed by atoms with van der Waals surface area (Å²) >= 11 is 0. The Morgan fingerprint density at radius 1 is 1.14 bits per heavy atom. The molecule has 0 aliphatic heterocycles. The minimum absolute atomic E-state index is 0.0870. The van der Waals surface area contributed by atoms with Crippen molar-refractivity contribution in [2.24, 2.45) is 0 Å². The number of ether oxygens (including phenoxy) is 1. The molecule has 1 amide bonds. The summed E-state index contributed by atoms with van der Waals surface area (Å²) in [5.74, 6) is 0.490. The summed E-state index contributed by atoms with van der Waals surface area (Å²) in [4.78, 5) is 12.9. The number of benzene rings is 2. The number of carbonyl (C=O) groups excluding carboxylic acids is 1. The lowest BCUT2D eigenvalue weighted by Crippen LogP contribution is -2.36. The van der Waals surface area contributed by atoms with E-state index in [1.54, 1.807) is 10.8 Å². The standard InChI is InChI=1S/C29H32N4O2/c1-2-3-18-35-27-16-14-22(15-17-27)28-24(21-33(32-28)26-12-8-5-9-13-26)19-23(20-30)29(34)31-25-10-6-4-7-11-25/h5,8-9,12-17,19,21,25H,2-4,6-7,10-11,18H2,1H3,(H,31,34)/b23-19-. The van der Waals surface area contributed by atoms with Crippen LogP contribution in [-0.4, -0.2) is 28.3 Å². The van der Waals surface area contributed by atoms with Gasteiger partial charge in [-0.05, 0) is 61.7 Å². The molecule has 3 aromatic rings. The molecule has 1 aliphatic rings. The maximum absolute atomic E-state index is 12.9. The lowest BCUT2D eigenvalue weighted by atomic mass is 9.95. The van der Waals surface area contributed by atoms with E-state index < -0.39 is 0 Å². The molecule has 1 saturated carbocycles. The van der Waals surface area contributed by atoms with Crippen molar-refractivity contribution in [3.05, 3.63) is 71.9 Å².